The average Bonchev–Trinajstić information content (AvgIpc) is 2.90. The lowest BCUT2D eigenvalue weighted by molar-refractivity contribution is 0.292. The normalized spacial score (nSPS) is 22.6. The molecule has 7 nitrogen and oxygen atoms in total. The predicted molar refractivity (Wildman–Crippen MR) is 158 cm³/mol. The lowest BCUT2D eigenvalue weighted by Gasteiger charge is -2.36. The van der Waals surface area contributed by atoms with Crippen LogP contribution in [-0.4, -0.2) is 52.1 Å². The molecule has 1 aromatic heterocycles. The third-order valence-corrected chi connectivity index (χ3v) is 8.33. The quantitative estimate of drug-likeness (QED) is 0.317. The van der Waals surface area contributed by atoms with Crippen molar-refractivity contribution in [3.05, 3.63) is 68.7 Å². The summed E-state index contributed by atoms with van der Waals surface area (Å²) in [6.07, 6.45) is 7.13. The number of rotatable bonds is 5. The van der Waals surface area contributed by atoms with Crippen molar-refractivity contribution in [2.24, 2.45) is 10.9 Å². The first-order valence-electron chi connectivity index (χ1n) is 13.6. The number of piperazine rings is 1. The molecular weight excluding hydrogens is 519 g/mol. The number of hydrogen-bond acceptors (Lipinski definition) is 4. The zero-order chi connectivity index (χ0) is 26.6. The Bertz CT molecular complexity index is 1370. The maximum atomic E-state index is 13.2. The number of aromatic nitrogens is 2. The van der Waals surface area contributed by atoms with Crippen LogP contribution in [0.25, 0.3) is 10.9 Å². The van der Waals surface area contributed by atoms with Crippen molar-refractivity contribution >= 4 is 45.8 Å². The van der Waals surface area contributed by atoms with E-state index in [9.17, 15) is 4.79 Å². The molecule has 9 heteroatoms. The highest BCUT2D eigenvalue weighted by Gasteiger charge is 2.25. The van der Waals surface area contributed by atoms with Gasteiger partial charge in [-0.15, -0.1) is 0 Å². The molecule has 2 heterocycles. The lowest BCUT2D eigenvalue weighted by atomic mass is 9.86. The number of benzene rings is 2. The minimum absolute atomic E-state index is 0.0625. The second-order valence-electron chi connectivity index (χ2n) is 10.7. The molecule has 3 aromatic rings. The Morgan fingerprint density at radius 1 is 1.16 bits per heavy atom. The Morgan fingerprint density at radius 3 is 2.79 bits per heavy atom. The highest BCUT2D eigenvalue weighted by Crippen LogP contribution is 2.27. The topological polar surface area (TPSA) is 74.5 Å². The summed E-state index contributed by atoms with van der Waals surface area (Å²) in [6.45, 7) is 7.76. The molecule has 2 unspecified atom stereocenters. The van der Waals surface area contributed by atoms with Gasteiger partial charge in [-0.05, 0) is 68.0 Å². The van der Waals surface area contributed by atoms with Gasteiger partial charge in [0.2, 0.25) is 0 Å². The van der Waals surface area contributed by atoms with Gasteiger partial charge < -0.3 is 15.5 Å². The number of guanidine groups is 1. The van der Waals surface area contributed by atoms with Crippen LogP contribution < -0.4 is 16.2 Å². The first-order valence-corrected chi connectivity index (χ1v) is 14.4. The predicted octanol–water partition coefficient (Wildman–Crippen LogP) is 5.59. The van der Waals surface area contributed by atoms with Gasteiger partial charge in [-0.25, -0.2) is 9.98 Å². The fourth-order valence-corrected chi connectivity index (χ4v) is 5.96. The average molecular weight is 556 g/mol. The van der Waals surface area contributed by atoms with E-state index in [1.165, 1.54) is 19.3 Å². The van der Waals surface area contributed by atoms with E-state index in [0.717, 1.165) is 43.3 Å². The molecule has 202 valence electrons. The Balaban J connectivity index is 1.37. The number of hydrogen-bond donors (Lipinski definition) is 2. The van der Waals surface area contributed by atoms with Crippen LogP contribution in [0, 0.1) is 5.92 Å². The first-order chi connectivity index (χ1) is 18.4. The van der Waals surface area contributed by atoms with Gasteiger partial charge >= 0.3 is 0 Å². The van der Waals surface area contributed by atoms with Crippen LogP contribution in [0.4, 0.5) is 5.69 Å². The van der Waals surface area contributed by atoms with E-state index in [2.05, 4.69) is 34.4 Å². The zero-order valence-corrected chi connectivity index (χ0v) is 23.6. The van der Waals surface area contributed by atoms with E-state index in [0.29, 0.717) is 51.9 Å². The number of nitrogens with one attached hydrogen (secondary N) is 2. The Kier molecular flexibility index (Phi) is 8.56. The molecular formula is C29H36Cl2N6O. The Morgan fingerprint density at radius 2 is 2.00 bits per heavy atom. The van der Waals surface area contributed by atoms with Crippen molar-refractivity contribution in [3.8, 4) is 0 Å². The molecule has 38 heavy (non-hydrogen) atoms. The molecule has 1 saturated heterocycles. The maximum absolute atomic E-state index is 13.2. The number of halogens is 2. The van der Waals surface area contributed by atoms with E-state index in [1.54, 1.807) is 17.0 Å². The molecule has 3 atom stereocenters. The summed E-state index contributed by atoms with van der Waals surface area (Å²) in [5.41, 5.74) is 2.44. The smallest absolute Gasteiger partial charge is 0.261 e. The minimum atomic E-state index is -0.0625. The fourth-order valence-electron chi connectivity index (χ4n) is 5.45. The number of aliphatic imine (C=N–C) groups is 1. The van der Waals surface area contributed by atoms with Gasteiger partial charge in [-0.1, -0.05) is 49.0 Å². The van der Waals surface area contributed by atoms with Crippen LogP contribution in [0.5, 0.6) is 0 Å². The van der Waals surface area contributed by atoms with E-state index in [4.69, 9.17) is 28.2 Å². The van der Waals surface area contributed by atoms with Crippen molar-refractivity contribution in [2.45, 2.75) is 64.6 Å². The second-order valence-corrected chi connectivity index (χ2v) is 11.5. The Labute approximate surface area is 234 Å². The molecule has 2 aliphatic rings. The van der Waals surface area contributed by atoms with Crippen LogP contribution >= 0.6 is 23.2 Å². The lowest BCUT2D eigenvalue weighted by Crippen LogP contribution is -2.53. The van der Waals surface area contributed by atoms with Gasteiger partial charge in [0.1, 0.15) is 0 Å². The molecule has 0 bridgehead atoms. The summed E-state index contributed by atoms with van der Waals surface area (Å²) in [5, 5.41) is 8.91. The van der Waals surface area contributed by atoms with E-state index in [1.807, 2.05) is 30.3 Å². The minimum Gasteiger partial charge on any atom is -0.340 e. The molecule has 1 aliphatic carbocycles. The summed E-state index contributed by atoms with van der Waals surface area (Å²) in [7, 11) is 0. The summed E-state index contributed by atoms with van der Waals surface area (Å²) in [6, 6.07) is 11.9. The Hall–Kier alpha value is -2.61. The van der Waals surface area contributed by atoms with Crippen LogP contribution in [0.3, 0.4) is 0 Å². The molecule has 2 N–H and O–H groups in total. The van der Waals surface area contributed by atoms with Crippen molar-refractivity contribution in [2.75, 3.05) is 25.0 Å². The van der Waals surface area contributed by atoms with Crippen molar-refractivity contribution in [1.82, 2.24) is 19.8 Å². The SMILES string of the molecule is CC1CCCCC1N=C(Nc1ccc2c(=O)n(CCc3ccc(Cl)cc3Cl)cnc2c1)N1CCN[C@@H](C)C1. The van der Waals surface area contributed by atoms with E-state index in [-0.39, 0.29) is 5.56 Å². The van der Waals surface area contributed by atoms with Gasteiger partial charge in [-0.2, -0.15) is 0 Å². The molecule has 0 spiro atoms. The standard InChI is InChI=1S/C29H36Cl2N6O/c1-19-5-3-4-6-26(19)35-29(36-14-12-32-20(2)17-36)34-23-9-10-24-27(16-23)33-18-37(28(24)38)13-11-21-7-8-22(30)15-25(21)31/h7-10,15-16,18-20,26,32H,3-6,11-14,17H2,1-2H3,(H,34,35)/t19?,20-,26?/m0/s1. The summed E-state index contributed by atoms with van der Waals surface area (Å²) >= 11 is 12.3. The summed E-state index contributed by atoms with van der Waals surface area (Å²) in [4.78, 5) is 25.4. The molecule has 0 amide bonds. The summed E-state index contributed by atoms with van der Waals surface area (Å²) in [5.74, 6) is 1.50. The zero-order valence-electron chi connectivity index (χ0n) is 22.1. The number of aryl methyl sites for hydroxylation is 2. The van der Waals surface area contributed by atoms with E-state index < -0.39 is 0 Å². The fraction of sp³-hybridized carbons (Fsp3) is 0.483. The van der Waals surface area contributed by atoms with Crippen LogP contribution in [0.1, 0.15) is 45.1 Å². The molecule has 5 rings (SSSR count). The van der Waals surface area contributed by atoms with Crippen LogP contribution in [0.15, 0.2) is 52.5 Å². The number of anilines is 1. The third kappa shape index (κ3) is 6.33. The highest BCUT2D eigenvalue weighted by molar-refractivity contribution is 6.35. The van der Waals surface area contributed by atoms with E-state index >= 15 is 0 Å². The van der Waals surface area contributed by atoms with Crippen LogP contribution in [0.2, 0.25) is 10.0 Å². The maximum Gasteiger partial charge on any atom is 0.261 e. The van der Waals surface area contributed by atoms with Crippen molar-refractivity contribution in [3.63, 3.8) is 0 Å². The number of nitrogens with zero attached hydrogens (tertiary/aromatic N) is 4. The molecule has 0 radical (unpaired) electrons. The first kappa shape index (κ1) is 27.0. The number of fused-ring (bicyclic) bond motifs is 1. The monoisotopic (exact) mass is 554 g/mol. The van der Waals surface area contributed by atoms with Gasteiger partial charge in [0.15, 0.2) is 5.96 Å². The summed E-state index contributed by atoms with van der Waals surface area (Å²) < 4.78 is 1.64. The van der Waals surface area contributed by atoms with Gasteiger partial charge in [0.25, 0.3) is 5.56 Å². The van der Waals surface area contributed by atoms with Crippen LogP contribution in [-0.2, 0) is 13.0 Å². The molecule has 1 saturated carbocycles. The molecule has 2 fully saturated rings. The highest BCUT2D eigenvalue weighted by atomic mass is 35.5. The van der Waals surface area contributed by atoms with Gasteiger partial charge in [0, 0.05) is 48.0 Å². The van der Waals surface area contributed by atoms with Gasteiger partial charge in [-0.3, -0.25) is 9.36 Å². The largest absolute Gasteiger partial charge is 0.340 e. The third-order valence-electron chi connectivity index (χ3n) is 7.74. The second kappa shape index (κ2) is 12.1. The van der Waals surface area contributed by atoms with Crippen molar-refractivity contribution in [1.29, 1.82) is 0 Å². The van der Waals surface area contributed by atoms with Crippen molar-refractivity contribution < 1.29 is 0 Å². The van der Waals surface area contributed by atoms with Gasteiger partial charge in [0.05, 0.1) is 23.3 Å². The molecule has 1 aliphatic heterocycles. The molecule has 2 aromatic carbocycles.